The summed E-state index contributed by atoms with van der Waals surface area (Å²) in [5.41, 5.74) is 7.91. The molecule has 108 valence electrons. The van der Waals surface area contributed by atoms with Crippen LogP contribution >= 0.6 is 0 Å². The van der Waals surface area contributed by atoms with Crippen LogP contribution in [0.1, 0.15) is 30.5 Å². The minimum absolute atomic E-state index is 0.234. The lowest BCUT2D eigenvalue weighted by molar-refractivity contribution is 0.371. The van der Waals surface area contributed by atoms with Crippen LogP contribution in [0.5, 0.6) is 11.5 Å². The van der Waals surface area contributed by atoms with Crippen molar-refractivity contribution in [3.63, 3.8) is 0 Å². The number of nitrogens with two attached hydrogens (primary N) is 1. The summed E-state index contributed by atoms with van der Waals surface area (Å²) in [4.78, 5) is 0. The molecule has 0 radical (unpaired) electrons. The van der Waals surface area contributed by atoms with Crippen LogP contribution in [0.2, 0.25) is 0 Å². The van der Waals surface area contributed by atoms with Gasteiger partial charge >= 0.3 is 0 Å². The van der Waals surface area contributed by atoms with E-state index >= 15 is 0 Å². The zero-order valence-corrected chi connectivity index (χ0v) is 12.6. The third-order valence-corrected chi connectivity index (χ3v) is 3.58. The second kappa shape index (κ2) is 7.36. The van der Waals surface area contributed by atoms with Crippen molar-refractivity contribution in [2.45, 2.75) is 26.3 Å². The number of benzene rings is 1. The van der Waals surface area contributed by atoms with Gasteiger partial charge in [0, 0.05) is 17.2 Å². The fraction of sp³-hybridized carbons (Fsp3) is 0.600. The fourth-order valence-electron chi connectivity index (χ4n) is 2.36. The summed E-state index contributed by atoms with van der Waals surface area (Å²) in [7, 11) is 5.34. The van der Waals surface area contributed by atoms with Crippen molar-refractivity contribution in [1.82, 2.24) is 5.32 Å². The van der Waals surface area contributed by atoms with Gasteiger partial charge < -0.3 is 20.5 Å². The highest BCUT2D eigenvalue weighted by Crippen LogP contribution is 2.36. The summed E-state index contributed by atoms with van der Waals surface area (Å²) >= 11 is 0. The summed E-state index contributed by atoms with van der Waals surface area (Å²) in [6, 6.07) is 4.29. The molecule has 0 aromatic heterocycles. The standard InChI is InChI=1S/C15H26N2O2/c1-10(9-16)8-13(17-3)12-6-7-14(18-4)11(2)15(12)19-5/h6-7,10,13,17H,8-9,16H2,1-5H3. The SMILES string of the molecule is CNC(CC(C)CN)c1ccc(OC)c(C)c1OC. The molecule has 1 aromatic carbocycles. The number of rotatable bonds is 7. The summed E-state index contributed by atoms with van der Waals surface area (Å²) in [5.74, 6) is 2.20. The van der Waals surface area contributed by atoms with Gasteiger partial charge in [0.2, 0.25) is 0 Å². The van der Waals surface area contributed by atoms with Gasteiger partial charge in [-0.15, -0.1) is 0 Å². The average molecular weight is 266 g/mol. The Balaban J connectivity index is 3.13. The molecule has 19 heavy (non-hydrogen) atoms. The number of nitrogens with one attached hydrogen (secondary N) is 1. The highest BCUT2D eigenvalue weighted by Gasteiger charge is 2.20. The Morgan fingerprint density at radius 3 is 2.42 bits per heavy atom. The summed E-state index contributed by atoms with van der Waals surface area (Å²) in [6.07, 6.45) is 0.981. The molecule has 1 aromatic rings. The minimum Gasteiger partial charge on any atom is -0.496 e. The van der Waals surface area contributed by atoms with Gasteiger partial charge in [0.05, 0.1) is 14.2 Å². The Morgan fingerprint density at radius 1 is 1.26 bits per heavy atom. The van der Waals surface area contributed by atoms with Crippen LogP contribution in [0.4, 0.5) is 0 Å². The minimum atomic E-state index is 0.234. The van der Waals surface area contributed by atoms with E-state index in [9.17, 15) is 0 Å². The summed E-state index contributed by atoms with van der Waals surface area (Å²) < 4.78 is 10.9. The van der Waals surface area contributed by atoms with Crippen LogP contribution in [-0.2, 0) is 0 Å². The van der Waals surface area contributed by atoms with Gasteiger partial charge in [-0.2, -0.15) is 0 Å². The lowest BCUT2D eigenvalue weighted by atomic mass is 9.94. The topological polar surface area (TPSA) is 56.5 Å². The molecule has 0 heterocycles. The van der Waals surface area contributed by atoms with Gasteiger partial charge in [-0.05, 0) is 38.9 Å². The van der Waals surface area contributed by atoms with E-state index in [2.05, 4.69) is 18.3 Å². The molecule has 0 saturated carbocycles. The molecule has 4 nitrogen and oxygen atoms in total. The van der Waals surface area contributed by atoms with Gasteiger partial charge in [0.1, 0.15) is 11.5 Å². The van der Waals surface area contributed by atoms with Crippen LogP contribution in [0, 0.1) is 12.8 Å². The molecule has 0 amide bonds. The van der Waals surface area contributed by atoms with Crippen LogP contribution in [0.3, 0.4) is 0 Å². The predicted molar refractivity (Wildman–Crippen MR) is 78.9 cm³/mol. The van der Waals surface area contributed by atoms with E-state index in [0.29, 0.717) is 12.5 Å². The summed E-state index contributed by atoms with van der Waals surface area (Å²) in [5, 5.41) is 3.35. The Kier molecular flexibility index (Phi) is 6.12. The molecule has 3 N–H and O–H groups in total. The maximum absolute atomic E-state index is 5.72. The van der Waals surface area contributed by atoms with Crippen LogP contribution in [0.25, 0.3) is 0 Å². The smallest absolute Gasteiger partial charge is 0.130 e. The highest BCUT2D eigenvalue weighted by molar-refractivity contribution is 5.50. The molecule has 0 aliphatic heterocycles. The first-order chi connectivity index (χ1) is 9.08. The van der Waals surface area contributed by atoms with E-state index < -0.39 is 0 Å². The first kappa shape index (κ1) is 15.8. The zero-order valence-electron chi connectivity index (χ0n) is 12.6. The maximum atomic E-state index is 5.72. The lowest BCUT2D eigenvalue weighted by Gasteiger charge is -2.24. The Bertz CT molecular complexity index is 407. The highest BCUT2D eigenvalue weighted by atomic mass is 16.5. The fourth-order valence-corrected chi connectivity index (χ4v) is 2.36. The van der Waals surface area contributed by atoms with Gasteiger partial charge in [-0.25, -0.2) is 0 Å². The molecular formula is C15H26N2O2. The first-order valence-electron chi connectivity index (χ1n) is 6.67. The molecule has 2 unspecified atom stereocenters. The van der Waals surface area contributed by atoms with Gasteiger partial charge in [-0.1, -0.05) is 13.0 Å². The van der Waals surface area contributed by atoms with Crippen molar-refractivity contribution in [3.05, 3.63) is 23.3 Å². The zero-order chi connectivity index (χ0) is 14.4. The molecule has 0 bridgehead atoms. The number of methoxy groups -OCH3 is 2. The Labute approximate surface area is 116 Å². The van der Waals surface area contributed by atoms with Crippen molar-refractivity contribution in [2.24, 2.45) is 11.7 Å². The molecule has 2 atom stereocenters. The molecule has 1 rings (SSSR count). The summed E-state index contributed by atoms with van der Waals surface area (Å²) in [6.45, 7) is 4.86. The third kappa shape index (κ3) is 3.61. The van der Waals surface area contributed by atoms with Crippen molar-refractivity contribution < 1.29 is 9.47 Å². The normalized spacial score (nSPS) is 14.0. The van der Waals surface area contributed by atoms with E-state index in [0.717, 1.165) is 29.0 Å². The quantitative estimate of drug-likeness (QED) is 0.795. The van der Waals surface area contributed by atoms with Crippen molar-refractivity contribution in [1.29, 1.82) is 0 Å². The van der Waals surface area contributed by atoms with Crippen LogP contribution in [-0.4, -0.2) is 27.8 Å². The van der Waals surface area contributed by atoms with Crippen molar-refractivity contribution in [2.75, 3.05) is 27.8 Å². The Morgan fingerprint density at radius 2 is 1.95 bits per heavy atom. The molecular weight excluding hydrogens is 240 g/mol. The number of hydrogen-bond acceptors (Lipinski definition) is 4. The molecule has 0 aliphatic carbocycles. The van der Waals surface area contributed by atoms with E-state index in [1.54, 1.807) is 14.2 Å². The van der Waals surface area contributed by atoms with Crippen LogP contribution < -0.4 is 20.5 Å². The molecule has 0 saturated heterocycles. The number of ether oxygens (including phenoxy) is 2. The van der Waals surface area contributed by atoms with Gasteiger partial charge in [-0.3, -0.25) is 0 Å². The largest absolute Gasteiger partial charge is 0.496 e. The van der Waals surface area contributed by atoms with Crippen molar-refractivity contribution >= 4 is 0 Å². The van der Waals surface area contributed by atoms with E-state index in [-0.39, 0.29) is 6.04 Å². The second-order valence-corrected chi connectivity index (χ2v) is 4.93. The van der Waals surface area contributed by atoms with Gasteiger partial charge in [0.15, 0.2) is 0 Å². The first-order valence-corrected chi connectivity index (χ1v) is 6.67. The van der Waals surface area contributed by atoms with Crippen molar-refractivity contribution in [3.8, 4) is 11.5 Å². The van der Waals surface area contributed by atoms with Gasteiger partial charge in [0.25, 0.3) is 0 Å². The Hall–Kier alpha value is -1.26. The predicted octanol–water partition coefficient (Wildman–Crippen LogP) is 2.26. The van der Waals surface area contributed by atoms with E-state index in [1.165, 1.54) is 0 Å². The molecule has 0 aliphatic rings. The van der Waals surface area contributed by atoms with E-state index in [4.69, 9.17) is 15.2 Å². The third-order valence-electron chi connectivity index (χ3n) is 3.58. The molecule has 0 spiro atoms. The number of hydrogen-bond donors (Lipinski definition) is 2. The van der Waals surface area contributed by atoms with Crippen LogP contribution in [0.15, 0.2) is 12.1 Å². The second-order valence-electron chi connectivity index (χ2n) is 4.93. The average Bonchev–Trinajstić information content (AvgIpc) is 2.44. The van der Waals surface area contributed by atoms with E-state index in [1.807, 2.05) is 20.0 Å². The monoisotopic (exact) mass is 266 g/mol. The molecule has 0 fully saturated rings. The lowest BCUT2D eigenvalue weighted by Crippen LogP contribution is -2.23. The molecule has 4 heteroatoms. The maximum Gasteiger partial charge on any atom is 0.130 e.